The van der Waals surface area contributed by atoms with Gasteiger partial charge in [0.25, 0.3) is 0 Å². The molecular formula is C15H21ClO2. The third-order valence-corrected chi connectivity index (χ3v) is 3.18. The molecule has 0 fully saturated rings. The van der Waals surface area contributed by atoms with Gasteiger partial charge in [-0.1, -0.05) is 37.6 Å². The number of rotatable bonds is 6. The Labute approximate surface area is 114 Å². The normalized spacial score (nSPS) is 11.3. The third-order valence-electron chi connectivity index (χ3n) is 2.93. The maximum absolute atomic E-state index is 11.5. The molecule has 0 aliphatic heterocycles. The summed E-state index contributed by atoms with van der Waals surface area (Å²) in [5.41, 5.74) is 1.21. The molecule has 0 saturated heterocycles. The zero-order valence-electron chi connectivity index (χ0n) is 11.3. The Morgan fingerprint density at radius 2 is 1.89 bits per heavy atom. The summed E-state index contributed by atoms with van der Waals surface area (Å²) in [6.07, 6.45) is 2.37. The minimum absolute atomic E-state index is 0.0358. The summed E-state index contributed by atoms with van der Waals surface area (Å²) in [5.74, 6) is -0.112. The van der Waals surface area contributed by atoms with E-state index >= 15 is 0 Å². The van der Waals surface area contributed by atoms with E-state index in [1.54, 1.807) is 0 Å². The van der Waals surface area contributed by atoms with Crippen LogP contribution < -0.4 is 0 Å². The maximum atomic E-state index is 11.5. The van der Waals surface area contributed by atoms with Gasteiger partial charge in [-0.2, -0.15) is 0 Å². The number of carbonyl (C=O) groups is 1. The lowest BCUT2D eigenvalue weighted by atomic mass is 9.83. The van der Waals surface area contributed by atoms with Crippen LogP contribution in [0.25, 0.3) is 0 Å². The van der Waals surface area contributed by atoms with E-state index in [0.29, 0.717) is 13.0 Å². The Kier molecular flexibility index (Phi) is 5.67. The first-order valence-electron chi connectivity index (χ1n) is 6.33. The summed E-state index contributed by atoms with van der Waals surface area (Å²) in [4.78, 5) is 11.5. The second-order valence-corrected chi connectivity index (χ2v) is 5.71. The largest absolute Gasteiger partial charge is 0.466 e. The van der Waals surface area contributed by atoms with E-state index in [2.05, 4.69) is 13.8 Å². The number of esters is 1. The molecule has 3 heteroatoms. The fourth-order valence-electron chi connectivity index (χ4n) is 1.82. The van der Waals surface area contributed by atoms with Gasteiger partial charge in [0.1, 0.15) is 0 Å². The van der Waals surface area contributed by atoms with Gasteiger partial charge >= 0.3 is 5.97 Å². The van der Waals surface area contributed by atoms with Crippen LogP contribution in [0.15, 0.2) is 24.3 Å². The van der Waals surface area contributed by atoms with E-state index in [1.807, 2.05) is 31.2 Å². The smallest absolute Gasteiger partial charge is 0.306 e. The summed E-state index contributed by atoms with van der Waals surface area (Å²) >= 11 is 5.84. The first-order chi connectivity index (χ1) is 8.43. The van der Waals surface area contributed by atoms with Crippen LogP contribution in [0, 0.1) is 5.41 Å². The topological polar surface area (TPSA) is 26.3 Å². The van der Waals surface area contributed by atoms with E-state index in [-0.39, 0.29) is 11.4 Å². The van der Waals surface area contributed by atoms with Crippen molar-refractivity contribution in [2.75, 3.05) is 6.61 Å². The predicted octanol–water partition coefficient (Wildman–Crippen LogP) is 4.25. The first kappa shape index (κ1) is 15.0. The Bertz CT molecular complexity index is 382. The lowest BCUT2D eigenvalue weighted by Gasteiger charge is -2.23. The Morgan fingerprint density at radius 1 is 1.28 bits per heavy atom. The number of hydrogen-bond acceptors (Lipinski definition) is 2. The number of hydrogen-bond donors (Lipinski definition) is 0. The van der Waals surface area contributed by atoms with Crippen molar-refractivity contribution in [2.24, 2.45) is 5.41 Å². The van der Waals surface area contributed by atoms with E-state index in [4.69, 9.17) is 16.3 Å². The monoisotopic (exact) mass is 268 g/mol. The minimum Gasteiger partial charge on any atom is -0.466 e. The molecule has 2 nitrogen and oxygen atoms in total. The third kappa shape index (κ3) is 5.54. The minimum atomic E-state index is -0.112. The van der Waals surface area contributed by atoms with Gasteiger partial charge in [-0.15, -0.1) is 0 Å². The number of benzene rings is 1. The van der Waals surface area contributed by atoms with Crippen LogP contribution in [0.5, 0.6) is 0 Å². The van der Waals surface area contributed by atoms with Crippen molar-refractivity contribution in [3.63, 3.8) is 0 Å². The summed E-state index contributed by atoms with van der Waals surface area (Å²) in [7, 11) is 0. The zero-order valence-corrected chi connectivity index (χ0v) is 12.1. The van der Waals surface area contributed by atoms with Crippen molar-refractivity contribution < 1.29 is 9.53 Å². The Morgan fingerprint density at radius 3 is 2.44 bits per heavy atom. The van der Waals surface area contributed by atoms with Gasteiger partial charge in [0.15, 0.2) is 0 Å². The van der Waals surface area contributed by atoms with Gasteiger partial charge in [-0.3, -0.25) is 4.79 Å². The number of halogens is 1. The number of ether oxygens (including phenoxy) is 1. The molecule has 0 radical (unpaired) electrons. The molecule has 0 aliphatic rings. The van der Waals surface area contributed by atoms with Gasteiger partial charge in [0, 0.05) is 5.02 Å². The summed E-state index contributed by atoms with van der Waals surface area (Å²) < 4.78 is 4.99. The molecule has 0 aliphatic carbocycles. The van der Waals surface area contributed by atoms with E-state index in [1.165, 1.54) is 5.56 Å². The van der Waals surface area contributed by atoms with Crippen LogP contribution >= 0.6 is 11.6 Å². The van der Waals surface area contributed by atoms with Crippen molar-refractivity contribution in [2.45, 2.75) is 40.0 Å². The molecule has 0 bridgehead atoms. The Balaban J connectivity index is 2.45. The van der Waals surface area contributed by atoms with E-state index in [9.17, 15) is 4.79 Å². The molecule has 0 amide bonds. The molecule has 1 rings (SSSR count). The van der Waals surface area contributed by atoms with Crippen molar-refractivity contribution in [1.29, 1.82) is 0 Å². The SMILES string of the molecule is CCOC(=O)CC(C)(C)CCc1ccc(Cl)cc1. The van der Waals surface area contributed by atoms with Gasteiger partial charge in [-0.05, 0) is 42.9 Å². The molecule has 0 atom stereocenters. The molecule has 100 valence electrons. The molecular weight excluding hydrogens is 248 g/mol. The Hall–Kier alpha value is -1.02. The van der Waals surface area contributed by atoms with Crippen molar-refractivity contribution in [1.82, 2.24) is 0 Å². The highest BCUT2D eigenvalue weighted by Crippen LogP contribution is 2.27. The van der Waals surface area contributed by atoms with E-state index < -0.39 is 0 Å². The molecule has 0 unspecified atom stereocenters. The predicted molar refractivity (Wildman–Crippen MR) is 74.8 cm³/mol. The molecule has 0 spiro atoms. The molecule has 0 N–H and O–H groups in total. The highest BCUT2D eigenvalue weighted by atomic mass is 35.5. The zero-order chi connectivity index (χ0) is 13.6. The molecule has 0 heterocycles. The number of carbonyl (C=O) groups excluding carboxylic acids is 1. The van der Waals surface area contributed by atoms with Crippen LogP contribution in [0.4, 0.5) is 0 Å². The molecule has 1 aromatic carbocycles. The molecule has 1 aromatic rings. The summed E-state index contributed by atoms with van der Waals surface area (Å²) in [6.45, 7) is 6.48. The van der Waals surface area contributed by atoms with E-state index in [0.717, 1.165) is 17.9 Å². The second-order valence-electron chi connectivity index (χ2n) is 5.27. The standard InChI is InChI=1S/C15H21ClO2/c1-4-18-14(17)11-15(2,3)10-9-12-5-7-13(16)8-6-12/h5-8H,4,9-11H2,1-3H3. The van der Waals surface area contributed by atoms with Crippen LogP contribution in [0.1, 0.15) is 39.2 Å². The summed E-state index contributed by atoms with van der Waals surface area (Å²) in [5, 5.41) is 0.754. The summed E-state index contributed by atoms with van der Waals surface area (Å²) in [6, 6.07) is 7.86. The highest BCUT2D eigenvalue weighted by molar-refractivity contribution is 6.30. The van der Waals surface area contributed by atoms with Gasteiger partial charge in [0.05, 0.1) is 13.0 Å². The first-order valence-corrected chi connectivity index (χ1v) is 6.71. The van der Waals surface area contributed by atoms with Gasteiger partial charge in [0.2, 0.25) is 0 Å². The fraction of sp³-hybridized carbons (Fsp3) is 0.533. The van der Waals surface area contributed by atoms with Crippen molar-refractivity contribution in [3.05, 3.63) is 34.9 Å². The fourth-order valence-corrected chi connectivity index (χ4v) is 1.95. The van der Waals surface area contributed by atoms with Crippen LogP contribution in [0.3, 0.4) is 0 Å². The number of aryl methyl sites for hydroxylation is 1. The molecule has 0 aromatic heterocycles. The van der Waals surface area contributed by atoms with Crippen molar-refractivity contribution >= 4 is 17.6 Å². The average Bonchev–Trinajstić information content (AvgIpc) is 2.28. The van der Waals surface area contributed by atoms with Gasteiger partial charge < -0.3 is 4.74 Å². The second kappa shape index (κ2) is 6.79. The average molecular weight is 269 g/mol. The lowest BCUT2D eigenvalue weighted by Crippen LogP contribution is -2.19. The highest BCUT2D eigenvalue weighted by Gasteiger charge is 2.22. The van der Waals surface area contributed by atoms with Crippen molar-refractivity contribution in [3.8, 4) is 0 Å². The van der Waals surface area contributed by atoms with Gasteiger partial charge in [-0.25, -0.2) is 0 Å². The van der Waals surface area contributed by atoms with Crippen LogP contribution in [-0.2, 0) is 16.0 Å². The van der Waals surface area contributed by atoms with Crippen LogP contribution in [0.2, 0.25) is 5.02 Å². The maximum Gasteiger partial charge on any atom is 0.306 e. The quantitative estimate of drug-likeness (QED) is 0.721. The lowest BCUT2D eigenvalue weighted by molar-refractivity contribution is -0.145. The van der Waals surface area contributed by atoms with Crippen LogP contribution in [-0.4, -0.2) is 12.6 Å². The molecule has 18 heavy (non-hydrogen) atoms. The molecule has 0 saturated carbocycles.